The normalized spacial score (nSPS) is 16.8. The van der Waals surface area contributed by atoms with Gasteiger partial charge in [0.25, 0.3) is 5.91 Å². The fourth-order valence-corrected chi connectivity index (χ4v) is 3.95. The Morgan fingerprint density at radius 3 is 1.94 bits per heavy atom. The highest BCUT2D eigenvalue weighted by Crippen LogP contribution is 2.41. The van der Waals surface area contributed by atoms with Gasteiger partial charge in [0.1, 0.15) is 0 Å². The third kappa shape index (κ3) is 5.37. The molecule has 2 unspecified atom stereocenters. The van der Waals surface area contributed by atoms with E-state index in [-0.39, 0.29) is 11.7 Å². The Hall–Kier alpha value is -3.73. The van der Waals surface area contributed by atoms with Crippen molar-refractivity contribution in [3.05, 3.63) is 89.5 Å². The van der Waals surface area contributed by atoms with Gasteiger partial charge in [-0.25, -0.2) is 0 Å². The molecular formula is C28H27NO4. The van der Waals surface area contributed by atoms with Crippen LogP contribution in [0.1, 0.15) is 52.5 Å². The van der Waals surface area contributed by atoms with Crippen molar-refractivity contribution in [2.24, 2.45) is 11.8 Å². The van der Waals surface area contributed by atoms with E-state index in [9.17, 15) is 14.4 Å². The maximum absolute atomic E-state index is 12.5. The zero-order valence-electron chi connectivity index (χ0n) is 18.6. The summed E-state index contributed by atoms with van der Waals surface area (Å²) in [5.41, 5.74) is 5.01. The fraction of sp³-hybridized carbons (Fsp3) is 0.250. The molecule has 0 saturated heterocycles. The Morgan fingerprint density at radius 2 is 1.39 bits per heavy atom. The summed E-state index contributed by atoms with van der Waals surface area (Å²) in [4.78, 5) is 35.9. The number of nitrogens with one attached hydrogen (secondary N) is 1. The molecule has 168 valence electrons. The molecular weight excluding hydrogens is 414 g/mol. The fourth-order valence-electron chi connectivity index (χ4n) is 3.95. The van der Waals surface area contributed by atoms with Crippen molar-refractivity contribution in [2.45, 2.75) is 32.6 Å². The summed E-state index contributed by atoms with van der Waals surface area (Å²) in [5, 5.41) is 11.9. The third-order valence-electron chi connectivity index (χ3n) is 6.13. The van der Waals surface area contributed by atoms with Crippen molar-refractivity contribution in [1.29, 1.82) is 0 Å². The quantitative estimate of drug-likeness (QED) is 0.408. The minimum Gasteiger partial charge on any atom is -0.481 e. The predicted octanol–water partition coefficient (Wildman–Crippen LogP) is 5.85. The van der Waals surface area contributed by atoms with E-state index in [4.69, 9.17) is 5.11 Å². The molecule has 1 amide bonds. The second kappa shape index (κ2) is 9.82. The number of carboxylic acids is 1. The van der Waals surface area contributed by atoms with Gasteiger partial charge in [-0.1, -0.05) is 61.9 Å². The highest BCUT2D eigenvalue weighted by molar-refractivity contribution is 6.04. The first kappa shape index (κ1) is 22.5. The Bertz CT molecular complexity index is 1150. The highest BCUT2D eigenvalue weighted by atomic mass is 16.4. The lowest BCUT2D eigenvalue weighted by atomic mass is 10.00. The number of benzene rings is 3. The number of unbranched alkanes of at least 4 members (excludes halogenated alkanes) is 1. The molecule has 0 aromatic heterocycles. The van der Waals surface area contributed by atoms with Crippen LogP contribution in [0.4, 0.5) is 5.69 Å². The van der Waals surface area contributed by atoms with Gasteiger partial charge in [-0.2, -0.15) is 0 Å². The molecule has 0 aliphatic heterocycles. The summed E-state index contributed by atoms with van der Waals surface area (Å²) >= 11 is 0. The Morgan fingerprint density at radius 1 is 0.818 bits per heavy atom. The summed E-state index contributed by atoms with van der Waals surface area (Å²) in [5.74, 6) is -2.10. The third-order valence-corrected chi connectivity index (χ3v) is 6.13. The number of anilines is 1. The van der Waals surface area contributed by atoms with E-state index in [2.05, 4.69) is 12.2 Å². The van der Waals surface area contributed by atoms with Gasteiger partial charge in [-0.15, -0.1) is 0 Å². The second-order valence-electron chi connectivity index (χ2n) is 8.56. The topological polar surface area (TPSA) is 83.5 Å². The maximum Gasteiger partial charge on any atom is 0.307 e. The van der Waals surface area contributed by atoms with Crippen LogP contribution in [0.15, 0.2) is 72.8 Å². The standard InChI is InChI=1S/C28H27NO4/c1-2-3-4-18-5-7-22(8-6-18)27(31)29-23-15-13-20(14-16-23)19-9-11-21(12-10-19)26(30)24-17-25(24)28(32)33/h5-16,24-25H,2-4,17H2,1H3,(H,29,31)(H,32,33). The van der Waals surface area contributed by atoms with Crippen molar-refractivity contribution < 1.29 is 19.5 Å². The van der Waals surface area contributed by atoms with Crippen LogP contribution in [0.3, 0.4) is 0 Å². The van der Waals surface area contributed by atoms with Crippen molar-refractivity contribution in [1.82, 2.24) is 0 Å². The Kier molecular flexibility index (Phi) is 6.68. The van der Waals surface area contributed by atoms with Crippen LogP contribution in [-0.4, -0.2) is 22.8 Å². The lowest BCUT2D eigenvalue weighted by Gasteiger charge is -2.08. The number of aliphatic carboxylic acids is 1. The van der Waals surface area contributed by atoms with E-state index in [1.807, 2.05) is 60.7 Å². The first-order valence-electron chi connectivity index (χ1n) is 11.3. The second-order valence-corrected chi connectivity index (χ2v) is 8.56. The lowest BCUT2D eigenvalue weighted by molar-refractivity contribution is -0.138. The molecule has 4 rings (SSSR count). The number of carbonyl (C=O) groups excluding carboxylic acids is 2. The minimum atomic E-state index is -0.902. The number of rotatable bonds is 9. The van der Waals surface area contributed by atoms with Crippen molar-refractivity contribution in [3.63, 3.8) is 0 Å². The number of hydrogen-bond donors (Lipinski definition) is 2. The molecule has 1 fully saturated rings. The highest BCUT2D eigenvalue weighted by Gasteiger charge is 2.48. The number of carbonyl (C=O) groups is 3. The van der Waals surface area contributed by atoms with Crippen LogP contribution in [-0.2, 0) is 11.2 Å². The van der Waals surface area contributed by atoms with E-state index in [0.29, 0.717) is 23.2 Å². The van der Waals surface area contributed by atoms with Crippen LogP contribution in [0.5, 0.6) is 0 Å². The molecule has 0 spiro atoms. The molecule has 1 saturated carbocycles. The van der Waals surface area contributed by atoms with Gasteiger partial charge in [0, 0.05) is 22.7 Å². The van der Waals surface area contributed by atoms with E-state index in [1.54, 1.807) is 12.1 Å². The molecule has 3 aromatic carbocycles. The molecule has 1 aliphatic rings. The lowest BCUT2D eigenvalue weighted by Crippen LogP contribution is -2.11. The van der Waals surface area contributed by atoms with Gasteiger partial charge < -0.3 is 10.4 Å². The van der Waals surface area contributed by atoms with Gasteiger partial charge in [0.15, 0.2) is 5.78 Å². The van der Waals surface area contributed by atoms with Crippen LogP contribution < -0.4 is 5.32 Å². The van der Waals surface area contributed by atoms with Crippen LogP contribution >= 0.6 is 0 Å². The van der Waals surface area contributed by atoms with Crippen LogP contribution in [0, 0.1) is 11.8 Å². The van der Waals surface area contributed by atoms with E-state index in [1.165, 1.54) is 5.56 Å². The smallest absolute Gasteiger partial charge is 0.307 e. The van der Waals surface area contributed by atoms with Gasteiger partial charge in [0.05, 0.1) is 5.92 Å². The van der Waals surface area contributed by atoms with Gasteiger partial charge in [0.2, 0.25) is 0 Å². The molecule has 0 bridgehead atoms. The molecule has 0 radical (unpaired) electrons. The van der Waals surface area contributed by atoms with Crippen molar-refractivity contribution in [3.8, 4) is 11.1 Å². The number of hydrogen-bond acceptors (Lipinski definition) is 3. The van der Waals surface area contributed by atoms with Crippen LogP contribution in [0.25, 0.3) is 11.1 Å². The summed E-state index contributed by atoms with van der Waals surface area (Å²) in [6, 6.07) is 22.5. The first-order valence-corrected chi connectivity index (χ1v) is 11.3. The minimum absolute atomic E-state index is 0.106. The SMILES string of the molecule is CCCCc1ccc(C(=O)Nc2ccc(-c3ccc(C(=O)C4CC4C(=O)O)cc3)cc2)cc1. The predicted molar refractivity (Wildman–Crippen MR) is 128 cm³/mol. The first-order chi connectivity index (χ1) is 16.0. The molecule has 1 aliphatic carbocycles. The van der Waals surface area contributed by atoms with Crippen molar-refractivity contribution >= 4 is 23.3 Å². The number of Topliss-reactive ketones (excluding diaryl/α,β-unsaturated/α-hetero) is 1. The molecule has 33 heavy (non-hydrogen) atoms. The summed E-state index contributed by atoms with van der Waals surface area (Å²) in [6.07, 6.45) is 3.74. The zero-order chi connectivity index (χ0) is 23.4. The Labute approximate surface area is 193 Å². The maximum atomic E-state index is 12.5. The van der Waals surface area contributed by atoms with E-state index < -0.39 is 17.8 Å². The molecule has 3 aromatic rings. The molecule has 0 heterocycles. The van der Waals surface area contributed by atoms with Gasteiger partial charge >= 0.3 is 5.97 Å². The summed E-state index contributed by atoms with van der Waals surface area (Å²) < 4.78 is 0. The average molecular weight is 442 g/mol. The number of carboxylic acid groups (broad SMARTS) is 1. The molecule has 2 atom stereocenters. The molecule has 5 nitrogen and oxygen atoms in total. The number of amides is 1. The zero-order valence-corrected chi connectivity index (χ0v) is 18.6. The van der Waals surface area contributed by atoms with Crippen molar-refractivity contribution in [2.75, 3.05) is 5.32 Å². The summed E-state index contributed by atoms with van der Waals surface area (Å²) in [7, 11) is 0. The van der Waals surface area contributed by atoms with E-state index >= 15 is 0 Å². The van der Waals surface area contributed by atoms with Gasteiger partial charge in [-0.3, -0.25) is 14.4 Å². The van der Waals surface area contributed by atoms with Gasteiger partial charge in [-0.05, 0) is 60.2 Å². The molecule has 5 heteroatoms. The number of ketones is 1. The summed E-state index contributed by atoms with van der Waals surface area (Å²) in [6.45, 7) is 2.16. The average Bonchev–Trinajstić information content (AvgIpc) is 3.65. The Balaban J connectivity index is 1.36. The van der Waals surface area contributed by atoms with E-state index in [0.717, 1.165) is 30.4 Å². The van der Waals surface area contributed by atoms with Crippen LogP contribution in [0.2, 0.25) is 0 Å². The number of aryl methyl sites for hydroxylation is 1. The largest absolute Gasteiger partial charge is 0.481 e. The monoisotopic (exact) mass is 441 g/mol. The molecule has 2 N–H and O–H groups in total.